The topological polar surface area (TPSA) is 0 Å². The van der Waals surface area contributed by atoms with Gasteiger partial charge in [0.1, 0.15) is 5.82 Å². The molecule has 4 heteroatoms. The summed E-state index contributed by atoms with van der Waals surface area (Å²) < 4.78 is 14.1. The molecule has 0 spiro atoms. The summed E-state index contributed by atoms with van der Waals surface area (Å²) >= 11 is 14.0. The smallest absolute Gasteiger partial charge is 0.124 e. The van der Waals surface area contributed by atoms with E-state index >= 15 is 0 Å². The van der Waals surface area contributed by atoms with Crippen molar-refractivity contribution in [3.8, 4) is 11.1 Å². The average Bonchev–Trinajstić information content (AvgIpc) is 2.20. The molecule has 0 aromatic heterocycles. The summed E-state index contributed by atoms with van der Waals surface area (Å²) in [5, 5.41) is 1.14. The largest absolute Gasteiger partial charge is 0.207 e. The minimum Gasteiger partial charge on any atom is -0.207 e. The van der Waals surface area contributed by atoms with Crippen molar-refractivity contribution >= 4 is 45.8 Å². The van der Waals surface area contributed by atoms with E-state index in [2.05, 4.69) is 22.6 Å². The summed E-state index contributed by atoms with van der Waals surface area (Å²) in [5.41, 5.74) is 1.48. The lowest BCUT2D eigenvalue weighted by atomic mass is 10.1. The van der Waals surface area contributed by atoms with E-state index in [1.807, 2.05) is 6.07 Å². The number of halogens is 4. The Morgan fingerprint density at radius 3 is 2.44 bits per heavy atom. The molecule has 0 fully saturated rings. The van der Waals surface area contributed by atoms with Gasteiger partial charge in [-0.25, -0.2) is 4.39 Å². The molecule has 82 valence electrons. The first-order valence-electron chi connectivity index (χ1n) is 4.48. The monoisotopic (exact) mass is 366 g/mol. The molecule has 0 bridgehead atoms. The zero-order chi connectivity index (χ0) is 11.7. The summed E-state index contributed by atoms with van der Waals surface area (Å²) in [6, 6.07) is 9.91. The second-order valence-corrected chi connectivity index (χ2v) is 5.37. The van der Waals surface area contributed by atoms with Gasteiger partial charge in [0.05, 0.1) is 0 Å². The van der Waals surface area contributed by atoms with Gasteiger partial charge < -0.3 is 0 Å². The van der Waals surface area contributed by atoms with Crippen LogP contribution in [0.15, 0.2) is 36.4 Å². The third-order valence-electron chi connectivity index (χ3n) is 2.10. The molecule has 0 heterocycles. The molecule has 2 aromatic rings. The molecular formula is C12H6Cl2FI. The molecule has 16 heavy (non-hydrogen) atoms. The van der Waals surface area contributed by atoms with Crippen LogP contribution < -0.4 is 0 Å². The maximum Gasteiger partial charge on any atom is 0.124 e. The van der Waals surface area contributed by atoms with E-state index in [9.17, 15) is 4.39 Å². The van der Waals surface area contributed by atoms with Gasteiger partial charge in [0.2, 0.25) is 0 Å². The van der Waals surface area contributed by atoms with Crippen molar-refractivity contribution in [1.29, 1.82) is 0 Å². The molecule has 0 radical (unpaired) electrons. The molecule has 0 aliphatic rings. The Morgan fingerprint density at radius 1 is 1.00 bits per heavy atom. The SMILES string of the molecule is Fc1cc(I)cc(-c2cc(Cl)ccc2Cl)c1. The Bertz CT molecular complexity index is 520. The van der Waals surface area contributed by atoms with Crippen molar-refractivity contribution in [2.45, 2.75) is 0 Å². The van der Waals surface area contributed by atoms with Crippen molar-refractivity contribution in [2.24, 2.45) is 0 Å². The summed E-state index contributed by atoms with van der Waals surface area (Å²) in [7, 11) is 0. The predicted molar refractivity (Wildman–Crippen MR) is 74.6 cm³/mol. The van der Waals surface area contributed by atoms with Crippen molar-refractivity contribution < 1.29 is 4.39 Å². The van der Waals surface area contributed by atoms with Crippen molar-refractivity contribution in [2.75, 3.05) is 0 Å². The third-order valence-corrected chi connectivity index (χ3v) is 3.29. The fourth-order valence-corrected chi connectivity index (χ4v) is 2.46. The molecule has 0 saturated heterocycles. The first kappa shape index (κ1) is 12.1. The van der Waals surface area contributed by atoms with E-state index in [-0.39, 0.29) is 5.82 Å². The van der Waals surface area contributed by atoms with Crippen molar-refractivity contribution in [1.82, 2.24) is 0 Å². The molecule has 0 amide bonds. The van der Waals surface area contributed by atoms with Crippen LogP contribution in [0.3, 0.4) is 0 Å². The summed E-state index contributed by atoms with van der Waals surface area (Å²) in [6.45, 7) is 0. The first-order chi connectivity index (χ1) is 7.56. The number of benzene rings is 2. The molecule has 0 nitrogen and oxygen atoms in total. The van der Waals surface area contributed by atoms with Gasteiger partial charge in [-0.3, -0.25) is 0 Å². The lowest BCUT2D eigenvalue weighted by molar-refractivity contribution is 0.627. The Kier molecular flexibility index (Phi) is 3.72. The molecule has 0 N–H and O–H groups in total. The van der Waals surface area contributed by atoms with Crippen LogP contribution >= 0.6 is 45.8 Å². The summed E-state index contributed by atoms with van der Waals surface area (Å²) in [4.78, 5) is 0. The van der Waals surface area contributed by atoms with Gasteiger partial charge in [-0.2, -0.15) is 0 Å². The van der Waals surface area contributed by atoms with Crippen LogP contribution in [0.25, 0.3) is 11.1 Å². The van der Waals surface area contributed by atoms with E-state index in [1.165, 1.54) is 12.1 Å². The number of hydrogen-bond acceptors (Lipinski definition) is 0. The molecule has 0 aliphatic heterocycles. The molecule has 2 aromatic carbocycles. The Hall–Kier alpha value is -0.320. The Labute approximate surface area is 117 Å². The van der Waals surface area contributed by atoms with E-state index in [1.54, 1.807) is 18.2 Å². The highest BCUT2D eigenvalue weighted by Gasteiger charge is 2.06. The van der Waals surface area contributed by atoms with Crippen molar-refractivity contribution in [3.63, 3.8) is 0 Å². The molecule has 0 saturated carbocycles. The molecule has 0 aliphatic carbocycles. The van der Waals surface area contributed by atoms with Gasteiger partial charge in [-0.1, -0.05) is 23.2 Å². The fourth-order valence-electron chi connectivity index (χ4n) is 1.43. The Balaban J connectivity index is 2.62. The summed E-state index contributed by atoms with van der Waals surface area (Å²) in [5.74, 6) is -0.280. The van der Waals surface area contributed by atoms with Gasteiger partial charge >= 0.3 is 0 Å². The van der Waals surface area contributed by atoms with Crippen molar-refractivity contribution in [3.05, 3.63) is 55.8 Å². The highest BCUT2D eigenvalue weighted by Crippen LogP contribution is 2.31. The quantitative estimate of drug-likeness (QED) is 0.592. The van der Waals surface area contributed by atoms with E-state index < -0.39 is 0 Å². The van der Waals surface area contributed by atoms with Gasteiger partial charge in [-0.15, -0.1) is 0 Å². The second kappa shape index (κ2) is 4.90. The molecule has 0 atom stereocenters. The minimum atomic E-state index is -0.280. The lowest BCUT2D eigenvalue weighted by Crippen LogP contribution is -1.84. The Morgan fingerprint density at radius 2 is 1.75 bits per heavy atom. The zero-order valence-corrected chi connectivity index (χ0v) is 11.6. The third kappa shape index (κ3) is 2.67. The average molecular weight is 367 g/mol. The maximum absolute atomic E-state index is 13.3. The number of hydrogen-bond donors (Lipinski definition) is 0. The lowest BCUT2D eigenvalue weighted by Gasteiger charge is -2.06. The van der Waals surface area contributed by atoms with E-state index in [0.717, 1.165) is 14.7 Å². The van der Waals surface area contributed by atoms with Crippen LogP contribution in [0.2, 0.25) is 10.0 Å². The van der Waals surface area contributed by atoms with Gasteiger partial charge in [0, 0.05) is 19.2 Å². The fraction of sp³-hybridized carbons (Fsp3) is 0. The molecular weight excluding hydrogens is 361 g/mol. The van der Waals surface area contributed by atoms with E-state index in [0.29, 0.717) is 10.0 Å². The van der Waals surface area contributed by atoms with Gasteiger partial charge in [-0.05, 0) is 64.6 Å². The highest BCUT2D eigenvalue weighted by molar-refractivity contribution is 14.1. The van der Waals surface area contributed by atoms with Crippen LogP contribution in [-0.4, -0.2) is 0 Å². The normalized spacial score (nSPS) is 10.5. The van der Waals surface area contributed by atoms with Crippen LogP contribution in [0.4, 0.5) is 4.39 Å². The van der Waals surface area contributed by atoms with E-state index in [4.69, 9.17) is 23.2 Å². The molecule has 2 rings (SSSR count). The summed E-state index contributed by atoms with van der Waals surface area (Å²) in [6.07, 6.45) is 0. The highest BCUT2D eigenvalue weighted by atomic mass is 127. The number of rotatable bonds is 1. The first-order valence-corrected chi connectivity index (χ1v) is 6.31. The minimum absolute atomic E-state index is 0.280. The molecule has 0 unspecified atom stereocenters. The van der Waals surface area contributed by atoms with Crippen LogP contribution in [-0.2, 0) is 0 Å². The van der Waals surface area contributed by atoms with Gasteiger partial charge in [0.15, 0.2) is 0 Å². The van der Waals surface area contributed by atoms with Gasteiger partial charge in [0.25, 0.3) is 0 Å². The van der Waals surface area contributed by atoms with Crippen LogP contribution in [0.1, 0.15) is 0 Å². The van der Waals surface area contributed by atoms with Crippen LogP contribution in [0.5, 0.6) is 0 Å². The maximum atomic E-state index is 13.3. The standard InChI is InChI=1S/C12H6Cl2FI/c13-8-1-2-12(14)11(5-8)7-3-9(15)6-10(16)4-7/h1-6H. The van der Waals surface area contributed by atoms with Crippen LogP contribution in [0, 0.1) is 9.39 Å². The second-order valence-electron chi connectivity index (χ2n) is 3.28. The predicted octanol–water partition coefficient (Wildman–Crippen LogP) is 5.40. The zero-order valence-electron chi connectivity index (χ0n) is 7.98.